The maximum atomic E-state index is 11.5. The van der Waals surface area contributed by atoms with Crippen LogP contribution in [0.15, 0.2) is 24.3 Å². The first kappa shape index (κ1) is 13.5. The van der Waals surface area contributed by atoms with E-state index >= 15 is 0 Å². The Morgan fingerprint density at radius 3 is 2.76 bits per heavy atom. The third-order valence-corrected chi connectivity index (χ3v) is 2.71. The van der Waals surface area contributed by atoms with Crippen LogP contribution in [0.25, 0.3) is 6.08 Å². The number of carbonyl (C=O) groups excluding carboxylic acids is 1. The van der Waals surface area contributed by atoms with Gasteiger partial charge in [-0.05, 0) is 42.7 Å². The normalized spacial score (nSPS) is 10.9. The van der Waals surface area contributed by atoms with Gasteiger partial charge in [0, 0.05) is 6.42 Å². The van der Waals surface area contributed by atoms with E-state index in [2.05, 4.69) is 6.92 Å². The van der Waals surface area contributed by atoms with E-state index in [1.807, 2.05) is 13.0 Å². The number of hydrogen-bond donors (Lipinski definition) is 1. The standard InChI is InChI=1S/C15H20O2/c1-3-4-5-6-14(16)9-7-13-8-10-15(17)12(2)11-13/h7-11,17H,3-6H2,1-2H3/b9-7+. The molecule has 0 saturated heterocycles. The zero-order valence-corrected chi connectivity index (χ0v) is 10.6. The number of phenols is 1. The third kappa shape index (κ3) is 4.85. The summed E-state index contributed by atoms with van der Waals surface area (Å²) in [5.41, 5.74) is 1.77. The number of aryl methyl sites for hydroxylation is 1. The van der Waals surface area contributed by atoms with Gasteiger partial charge in [-0.2, -0.15) is 0 Å². The second-order valence-electron chi connectivity index (χ2n) is 4.30. The van der Waals surface area contributed by atoms with Gasteiger partial charge in [0.25, 0.3) is 0 Å². The van der Waals surface area contributed by atoms with Crippen LogP contribution in [0, 0.1) is 6.92 Å². The Hall–Kier alpha value is -1.57. The van der Waals surface area contributed by atoms with Crippen LogP contribution in [0.2, 0.25) is 0 Å². The minimum atomic E-state index is 0.171. The fourth-order valence-corrected chi connectivity index (χ4v) is 1.60. The first-order chi connectivity index (χ1) is 8.13. The summed E-state index contributed by atoms with van der Waals surface area (Å²) in [6.07, 6.45) is 7.27. The molecule has 0 atom stereocenters. The molecule has 0 bridgehead atoms. The van der Waals surface area contributed by atoms with Crippen LogP contribution in [0.3, 0.4) is 0 Å². The Morgan fingerprint density at radius 2 is 2.12 bits per heavy atom. The number of benzene rings is 1. The number of aromatic hydroxyl groups is 1. The summed E-state index contributed by atoms with van der Waals surface area (Å²) in [6.45, 7) is 3.97. The van der Waals surface area contributed by atoms with Crippen molar-refractivity contribution in [3.05, 3.63) is 35.4 Å². The summed E-state index contributed by atoms with van der Waals surface area (Å²) >= 11 is 0. The number of ketones is 1. The van der Waals surface area contributed by atoms with E-state index in [9.17, 15) is 9.90 Å². The molecule has 0 fully saturated rings. The van der Waals surface area contributed by atoms with Gasteiger partial charge < -0.3 is 5.11 Å². The van der Waals surface area contributed by atoms with Gasteiger partial charge in [0.15, 0.2) is 5.78 Å². The van der Waals surface area contributed by atoms with Crippen molar-refractivity contribution < 1.29 is 9.90 Å². The van der Waals surface area contributed by atoms with Gasteiger partial charge in [-0.25, -0.2) is 0 Å². The van der Waals surface area contributed by atoms with E-state index in [0.717, 1.165) is 30.4 Å². The van der Waals surface area contributed by atoms with E-state index in [0.29, 0.717) is 6.42 Å². The fourth-order valence-electron chi connectivity index (χ4n) is 1.60. The molecule has 17 heavy (non-hydrogen) atoms. The van der Waals surface area contributed by atoms with E-state index in [4.69, 9.17) is 0 Å². The van der Waals surface area contributed by atoms with Crippen molar-refractivity contribution >= 4 is 11.9 Å². The predicted molar refractivity (Wildman–Crippen MR) is 71.0 cm³/mol. The molecular weight excluding hydrogens is 212 g/mol. The van der Waals surface area contributed by atoms with Crippen LogP contribution in [0.5, 0.6) is 5.75 Å². The average molecular weight is 232 g/mol. The molecule has 0 aliphatic rings. The number of phenolic OH excluding ortho intramolecular Hbond substituents is 1. The van der Waals surface area contributed by atoms with Crippen LogP contribution >= 0.6 is 0 Å². The van der Waals surface area contributed by atoms with Crippen molar-refractivity contribution in [2.45, 2.75) is 39.5 Å². The van der Waals surface area contributed by atoms with Crippen molar-refractivity contribution in [1.82, 2.24) is 0 Å². The zero-order chi connectivity index (χ0) is 12.7. The highest BCUT2D eigenvalue weighted by atomic mass is 16.3. The lowest BCUT2D eigenvalue weighted by atomic mass is 10.1. The molecule has 1 rings (SSSR count). The van der Waals surface area contributed by atoms with E-state index in [-0.39, 0.29) is 11.5 Å². The molecule has 2 nitrogen and oxygen atoms in total. The van der Waals surface area contributed by atoms with Gasteiger partial charge in [-0.1, -0.05) is 31.9 Å². The first-order valence-corrected chi connectivity index (χ1v) is 6.14. The molecule has 0 amide bonds. The van der Waals surface area contributed by atoms with Crippen LogP contribution in [0.4, 0.5) is 0 Å². The lowest BCUT2D eigenvalue weighted by molar-refractivity contribution is -0.114. The van der Waals surface area contributed by atoms with Gasteiger partial charge in [0.2, 0.25) is 0 Å². The molecule has 0 aromatic heterocycles. The molecule has 0 heterocycles. The lowest BCUT2D eigenvalue weighted by Gasteiger charge is -1.99. The maximum Gasteiger partial charge on any atom is 0.155 e. The smallest absolute Gasteiger partial charge is 0.155 e. The van der Waals surface area contributed by atoms with Crippen LogP contribution in [0.1, 0.15) is 43.7 Å². The van der Waals surface area contributed by atoms with Crippen LogP contribution in [-0.4, -0.2) is 10.9 Å². The average Bonchev–Trinajstić information content (AvgIpc) is 2.31. The number of unbranched alkanes of at least 4 members (excludes halogenated alkanes) is 2. The highest BCUT2D eigenvalue weighted by Crippen LogP contribution is 2.17. The topological polar surface area (TPSA) is 37.3 Å². The SMILES string of the molecule is CCCCCC(=O)/C=C/c1ccc(O)c(C)c1. The summed E-state index contributed by atoms with van der Waals surface area (Å²) in [7, 11) is 0. The second kappa shape index (κ2) is 6.89. The summed E-state index contributed by atoms with van der Waals surface area (Å²) < 4.78 is 0. The molecule has 0 radical (unpaired) electrons. The maximum absolute atomic E-state index is 11.5. The van der Waals surface area contributed by atoms with Gasteiger partial charge in [-0.3, -0.25) is 4.79 Å². The van der Waals surface area contributed by atoms with Gasteiger partial charge in [-0.15, -0.1) is 0 Å². The predicted octanol–water partition coefficient (Wildman–Crippen LogP) is 3.86. The van der Waals surface area contributed by atoms with Gasteiger partial charge >= 0.3 is 0 Å². The summed E-state index contributed by atoms with van der Waals surface area (Å²) in [6, 6.07) is 5.32. The van der Waals surface area contributed by atoms with Gasteiger partial charge in [0.1, 0.15) is 5.75 Å². The zero-order valence-electron chi connectivity index (χ0n) is 10.6. The van der Waals surface area contributed by atoms with Crippen molar-refractivity contribution in [2.24, 2.45) is 0 Å². The fraction of sp³-hybridized carbons (Fsp3) is 0.400. The van der Waals surface area contributed by atoms with Crippen molar-refractivity contribution in [3.63, 3.8) is 0 Å². The van der Waals surface area contributed by atoms with Crippen molar-refractivity contribution in [3.8, 4) is 5.75 Å². The Labute approximate surface area is 103 Å². The Bertz CT molecular complexity index is 405. The minimum Gasteiger partial charge on any atom is -0.508 e. The highest BCUT2D eigenvalue weighted by molar-refractivity contribution is 5.93. The van der Waals surface area contributed by atoms with Crippen LogP contribution in [-0.2, 0) is 4.79 Å². The second-order valence-corrected chi connectivity index (χ2v) is 4.30. The largest absolute Gasteiger partial charge is 0.508 e. The summed E-state index contributed by atoms with van der Waals surface area (Å²) in [4.78, 5) is 11.5. The van der Waals surface area contributed by atoms with Crippen molar-refractivity contribution in [1.29, 1.82) is 0 Å². The molecule has 2 heteroatoms. The summed E-state index contributed by atoms with van der Waals surface area (Å²) in [5.74, 6) is 0.459. The third-order valence-electron chi connectivity index (χ3n) is 2.71. The van der Waals surface area contributed by atoms with Crippen LogP contribution < -0.4 is 0 Å². The Balaban J connectivity index is 2.52. The molecule has 0 aliphatic heterocycles. The molecule has 1 N–H and O–H groups in total. The van der Waals surface area contributed by atoms with E-state index in [1.54, 1.807) is 24.3 Å². The monoisotopic (exact) mass is 232 g/mol. The number of rotatable bonds is 6. The molecule has 1 aromatic rings. The highest BCUT2D eigenvalue weighted by Gasteiger charge is 1.98. The molecular formula is C15H20O2. The number of hydrogen-bond acceptors (Lipinski definition) is 2. The molecule has 0 unspecified atom stereocenters. The van der Waals surface area contributed by atoms with Gasteiger partial charge in [0.05, 0.1) is 0 Å². The Kier molecular flexibility index (Phi) is 5.47. The van der Waals surface area contributed by atoms with E-state index in [1.165, 1.54) is 0 Å². The van der Waals surface area contributed by atoms with Crippen molar-refractivity contribution in [2.75, 3.05) is 0 Å². The number of carbonyl (C=O) groups is 1. The quantitative estimate of drug-likeness (QED) is 0.597. The molecule has 0 spiro atoms. The number of allylic oxidation sites excluding steroid dienone is 1. The summed E-state index contributed by atoms with van der Waals surface area (Å²) in [5, 5.41) is 9.37. The first-order valence-electron chi connectivity index (χ1n) is 6.14. The Morgan fingerprint density at radius 1 is 1.35 bits per heavy atom. The molecule has 0 aliphatic carbocycles. The van der Waals surface area contributed by atoms with E-state index < -0.39 is 0 Å². The lowest BCUT2D eigenvalue weighted by Crippen LogP contribution is -1.91. The molecule has 0 saturated carbocycles. The minimum absolute atomic E-state index is 0.171. The molecule has 1 aromatic carbocycles. The molecule has 92 valence electrons.